The molecule has 13 rings (SSSR count). The number of fused-ring (bicyclic) bond motifs is 9. The summed E-state index contributed by atoms with van der Waals surface area (Å²) < 4.78 is 10.8. The Hall–Kier alpha value is -8.94. The first-order chi connectivity index (χ1) is 33.6. The maximum absolute atomic E-state index is 6.03. The smallest absolute Gasteiger partial charge is 0.155 e. The quantitative estimate of drug-likeness (QED) is 0.149. The highest BCUT2D eigenvalue weighted by molar-refractivity contribution is 6.11. The average molecular weight is 877 g/mol. The monoisotopic (exact) mass is 876 g/mol. The molecule has 7 nitrogen and oxygen atoms in total. The number of nitrogens with zero attached hydrogens (tertiary/aromatic N) is 6. The van der Waals surface area contributed by atoms with E-state index in [1.165, 1.54) is 27.4 Å². The highest BCUT2D eigenvalue weighted by Gasteiger charge is 2.22. The van der Waals surface area contributed by atoms with Crippen LogP contribution >= 0.6 is 0 Å². The Labute approximate surface area is 393 Å². The molecule has 0 saturated carbocycles. The molecule has 0 unspecified atom stereocenters. The summed E-state index contributed by atoms with van der Waals surface area (Å²) in [6.45, 7) is 5.42. The lowest BCUT2D eigenvalue weighted by molar-refractivity contribution is 0.667. The molecule has 324 valence electrons. The zero-order valence-corrected chi connectivity index (χ0v) is 37.4. The average Bonchev–Trinajstić information content (AvgIpc) is 4.06. The van der Waals surface area contributed by atoms with Crippen molar-refractivity contribution in [2.45, 2.75) is 19.8 Å². The fourth-order valence-corrected chi connectivity index (χ4v) is 9.74. The summed E-state index contributed by atoms with van der Waals surface area (Å²) in [6.07, 6.45) is 17.7. The zero-order valence-electron chi connectivity index (χ0n) is 37.4. The second kappa shape index (κ2) is 17.1. The van der Waals surface area contributed by atoms with Crippen LogP contribution in [0, 0.1) is 0 Å². The van der Waals surface area contributed by atoms with E-state index in [1.807, 2.05) is 67.9 Å². The van der Waals surface area contributed by atoms with Gasteiger partial charge in [-0.1, -0.05) is 128 Å². The number of para-hydroxylation sites is 1. The molecular weight excluding hydrogens is 833 g/mol. The molecule has 0 aliphatic heterocycles. The van der Waals surface area contributed by atoms with Crippen molar-refractivity contribution in [3.8, 4) is 56.3 Å². The van der Waals surface area contributed by atoms with Crippen molar-refractivity contribution in [1.82, 2.24) is 29.1 Å². The number of rotatable bonds is 7. The molecule has 7 heterocycles. The van der Waals surface area contributed by atoms with Gasteiger partial charge in [0, 0.05) is 50.9 Å². The Morgan fingerprint density at radius 2 is 1.28 bits per heavy atom. The van der Waals surface area contributed by atoms with E-state index in [2.05, 4.69) is 160 Å². The normalized spacial score (nSPS) is 12.3. The van der Waals surface area contributed by atoms with Crippen LogP contribution in [0.2, 0.25) is 0 Å². The number of aromatic nitrogens is 6. The van der Waals surface area contributed by atoms with Crippen LogP contribution in [0.3, 0.4) is 0 Å². The summed E-state index contributed by atoms with van der Waals surface area (Å²) in [7, 11) is 0. The van der Waals surface area contributed by atoms with Crippen molar-refractivity contribution in [3.05, 3.63) is 225 Å². The Morgan fingerprint density at radius 1 is 0.544 bits per heavy atom. The predicted molar refractivity (Wildman–Crippen MR) is 280 cm³/mol. The van der Waals surface area contributed by atoms with E-state index in [4.69, 9.17) is 19.4 Å². The minimum absolute atomic E-state index is 0.717. The third-order valence-electron chi connectivity index (χ3n) is 12.8. The molecule has 5 aromatic carbocycles. The van der Waals surface area contributed by atoms with Crippen molar-refractivity contribution in [3.63, 3.8) is 0 Å². The molecule has 0 atom stereocenters. The van der Waals surface area contributed by atoms with Crippen LogP contribution in [0.25, 0.3) is 117 Å². The minimum Gasteiger partial charge on any atom is -0.453 e. The summed E-state index contributed by atoms with van der Waals surface area (Å²) in [5.41, 5.74) is 19.1. The molecule has 68 heavy (non-hydrogen) atoms. The summed E-state index contributed by atoms with van der Waals surface area (Å²) in [5, 5.41) is 3.66. The minimum atomic E-state index is 0.717. The van der Waals surface area contributed by atoms with Gasteiger partial charge in [-0.3, -0.25) is 9.97 Å². The number of allylic oxidation sites excluding steroid dienone is 4. The van der Waals surface area contributed by atoms with Crippen LogP contribution in [-0.4, -0.2) is 29.1 Å². The van der Waals surface area contributed by atoms with Gasteiger partial charge in [0.2, 0.25) is 0 Å². The van der Waals surface area contributed by atoms with E-state index in [1.54, 1.807) is 12.3 Å². The number of aryl methyl sites for hydroxylation is 1. The van der Waals surface area contributed by atoms with Gasteiger partial charge >= 0.3 is 0 Å². The van der Waals surface area contributed by atoms with Gasteiger partial charge in [-0.05, 0) is 109 Å². The van der Waals surface area contributed by atoms with Gasteiger partial charge in [0.1, 0.15) is 11.0 Å². The van der Waals surface area contributed by atoms with Crippen molar-refractivity contribution in [2.75, 3.05) is 0 Å². The first kappa shape index (κ1) is 40.6. The van der Waals surface area contributed by atoms with Crippen LogP contribution < -0.4 is 0 Å². The fourth-order valence-electron chi connectivity index (χ4n) is 9.74. The molecule has 1 aliphatic rings. The number of pyridine rings is 4. The number of hydrogen-bond acceptors (Lipinski definition) is 5. The summed E-state index contributed by atoms with van der Waals surface area (Å²) in [4.78, 5) is 19.6. The highest BCUT2D eigenvalue weighted by Crippen LogP contribution is 2.40. The molecule has 7 aromatic heterocycles. The molecule has 7 heteroatoms. The maximum Gasteiger partial charge on any atom is 0.155 e. The van der Waals surface area contributed by atoms with Gasteiger partial charge in [0.25, 0.3) is 0 Å². The van der Waals surface area contributed by atoms with Crippen LogP contribution in [0.4, 0.5) is 0 Å². The maximum atomic E-state index is 6.03. The fraction of sp³-hybridized carbons (Fsp3) is 0.0492. The molecule has 0 saturated heterocycles. The highest BCUT2D eigenvalue weighted by atomic mass is 16.3. The molecule has 0 bridgehead atoms. The van der Waals surface area contributed by atoms with Crippen molar-refractivity contribution in [1.29, 1.82) is 0 Å². The Balaban J connectivity index is 0.000000915. The molecule has 0 radical (unpaired) electrons. The third-order valence-corrected chi connectivity index (χ3v) is 12.8. The van der Waals surface area contributed by atoms with Gasteiger partial charge in [-0.25, -0.2) is 9.97 Å². The molecular formula is C61H44N6O. The lowest BCUT2D eigenvalue weighted by Gasteiger charge is -2.14. The first-order valence-electron chi connectivity index (χ1n) is 23.0. The summed E-state index contributed by atoms with van der Waals surface area (Å²) >= 11 is 0. The van der Waals surface area contributed by atoms with Gasteiger partial charge < -0.3 is 13.6 Å². The van der Waals surface area contributed by atoms with Crippen molar-refractivity contribution < 1.29 is 4.42 Å². The molecule has 12 aromatic rings. The van der Waals surface area contributed by atoms with E-state index in [-0.39, 0.29) is 0 Å². The number of hydrogen-bond donors (Lipinski definition) is 0. The Bertz CT molecular complexity index is 3890. The standard InChI is InChI=1S/C56H36N6O.C5H8/c1-3-12-35(13-4-1)47-31-40(32-48(59-47)36-14-5-2-6-15-36)61-50-19-10-8-17-43(50)45-29-37(22-25-51(45)61)38-21-23-44-42-16-7-9-18-49(42)62(52(44)30-38)41-28-39(33-57-34-41)46-24-26-54-56(60-46)55-53(63-54)20-11-27-58-55;1-3-5-4-2/h1-6,8-15,17-34H,7,16H2;3-5H,1H2,2H3/b;5-4-. The summed E-state index contributed by atoms with van der Waals surface area (Å²) in [5.74, 6) is 0. The summed E-state index contributed by atoms with van der Waals surface area (Å²) in [6, 6.07) is 57.9. The molecule has 0 N–H and O–H groups in total. The van der Waals surface area contributed by atoms with Crippen LogP contribution in [0.1, 0.15) is 24.6 Å². The lowest BCUT2D eigenvalue weighted by atomic mass is 9.98. The van der Waals surface area contributed by atoms with E-state index >= 15 is 0 Å². The third kappa shape index (κ3) is 7.09. The second-order valence-electron chi connectivity index (χ2n) is 17.0. The topological polar surface area (TPSA) is 74.6 Å². The number of benzene rings is 5. The van der Waals surface area contributed by atoms with Gasteiger partial charge in [-0.2, -0.15) is 0 Å². The first-order valence-corrected chi connectivity index (χ1v) is 23.0. The molecule has 0 spiro atoms. The lowest BCUT2D eigenvalue weighted by Crippen LogP contribution is -2.01. The van der Waals surface area contributed by atoms with Crippen LogP contribution in [-0.2, 0) is 6.42 Å². The van der Waals surface area contributed by atoms with Crippen molar-refractivity contribution in [2.24, 2.45) is 0 Å². The zero-order chi connectivity index (χ0) is 45.6. The van der Waals surface area contributed by atoms with E-state index in [0.29, 0.717) is 5.58 Å². The largest absolute Gasteiger partial charge is 0.453 e. The Morgan fingerprint density at radius 3 is 2.06 bits per heavy atom. The SMILES string of the molecule is C1=Cc2c(c3ccc(-c4ccc5c(c4)c4ccccc4n5-c4cc(-c5ccccc5)nc(-c5ccccc5)c4)cc3n2-c2cncc(-c3ccc4oc5cccnc5c4n3)c2)CC1.C=C/C=C\C. The predicted octanol–water partition coefficient (Wildman–Crippen LogP) is 15.6. The van der Waals surface area contributed by atoms with Crippen molar-refractivity contribution >= 4 is 61.0 Å². The van der Waals surface area contributed by atoms with Gasteiger partial charge in [-0.15, -0.1) is 0 Å². The van der Waals surface area contributed by atoms with E-state index in [9.17, 15) is 0 Å². The molecule has 0 amide bonds. The van der Waals surface area contributed by atoms with Crippen LogP contribution in [0.15, 0.2) is 218 Å². The Kier molecular flexibility index (Phi) is 10.2. The van der Waals surface area contributed by atoms with E-state index < -0.39 is 0 Å². The van der Waals surface area contributed by atoms with Crippen LogP contribution in [0.5, 0.6) is 0 Å². The molecule has 1 aliphatic carbocycles. The van der Waals surface area contributed by atoms with Gasteiger partial charge in [0.05, 0.1) is 51.2 Å². The van der Waals surface area contributed by atoms with E-state index in [0.717, 1.165) is 102 Å². The van der Waals surface area contributed by atoms with Gasteiger partial charge in [0.15, 0.2) is 11.2 Å². The number of furan rings is 1. The second-order valence-corrected chi connectivity index (χ2v) is 17.0. The molecule has 0 fully saturated rings.